The van der Waals surface area contributed by atoms with Crippen LogP contribution in [-0.4, -0.2) is 56.5 Å². The average Bonchev–Trinajstić information content (AvgIpc) is 2.03. The molecule has 0 rings (SSSR count). The van der Waals surface area contributed by atoms with Crippen molar-refractivity contribution < 1.29 is 71.3 Å². The van der Waals surface area contributed by atoms with Gasteiger partial charge in [0.05, 0.1) is 0 Å². The number of ether oxygens (including phenoxy) is 2. The van der Waals surface area contributed by atoms with E-state index < -0.39 is 0 Å². The molecule has 0 bridgehead atoms. The Hall–Kier alpha value is 2.01. The van der Waals surface area contributed by atoms with Crippen molar-refractivity contribution >= 4 is 15.9 Å². The van der Waals surface area contributed by atoms with Crippen LogP contribution in [0.1, 0.15) is 2.85 Å². The van der Waals surface area contributed by atoms with Crippen LogP contribution in [0.5, 0.6) is 0 Å². The Morgan fingerprint density at radius 1 is 0.917 bits per heavy atom. The van der Waals surface area contributed by atoms with Gasteiger partial charge in [-0.05, 0) is 0 Å². The standard InChI is InChI=1S/2C3H7O2.Al.K.2H/c2*1-5-3-2-4;;;;/h2*2-3H2,1H3;;;;/q2*-1;+3;+1;2*-1. The summed E-state index contributed by atoms with van der Waals surface area (Å²) in [6.45, 7) is 2.47. The van der Waals surface area contributed by atoms with Crippen molar-refractivity contribution in [3.05, 3.63) is 0 Å². The van der Waals surface area contributed by atoms with Gasteiger partial charge in [-0.3, -0.25) is 0 Å². The Labute approximate surface area is 126 Å². The van der Waals surface area contributed by atoms with Crippen LogP contribution in [0.4, 0.5) is 0 Å². The van der Waals surface area contributed by atoms with E-state index in [-0.39, 0.29) is 70.1 Å². The molecule has 0 radical (unpaired) electrons. The summed E-state index contributed by atoms with van der Waals surface area (Å²) in [4.78, 5) is 0. The van der Waals surface area contributed by atoms with E-state index in [0.717, 1.165) is 0 Å². The second-order valence-electron chi connectivity index (χ2n) is 1.82. The first-order valence-corrected chi connectivity index (χ1v) is 4.39. The van der Waals surface area contributed by atoms with Crippen molar-refractivity contribution in [3.8, 4) is 0 Å². The molecule has 0 fully saturated rings. The number of rotatable bonds is 8. The third kappa shape index (κ3) is 14.5. The molecule has 0 aromatic carbocycles. The normalized spacial score (nSPS) is 8.83. The molecule has 0 aromatic rings. The third-order valence-electron chi connectivity index (χ3n) is 0.947. The molecule has 0 aliphatic rings. The van der Waals surface area contributed by atoms with E-state index in [4.69, 9.17) is 17.1 Å². The first-order valence-electron chi connectivity index (χ1n) is 3.44. The predicted molar refractivity (Wildman–Crippen MR) is 43.6 cm³/mol. The first-order chi connectivity index (χ1) is 5.41. The van der Waals surface area contributed by atoms with Gasteiger partial charge in [0, 0.05) is 0 Å². The van der Waals surface area contributed by atoms with Gasteiger partial charge >= 0.3 is 125 Å². The van der Waals surface area contributed by atoms with Gasteiger partial charge in [-0.2, -0.15) is 0 Å². The summed E-state index contributed by atoms with van der Waals surface area (Å²) >= 11 is -0.349. The molecular weight excluding hydrogens is 202 g/mol. The van der Waals surface area contributed by atoms with Crippen molar-refractivity contribution in [1.29, 1.82) is 0 Å². The molecule has 0 amide bonds. The Kier molecular flexibility index (Phi) is 21.2. The summed E-state index contributed by atoms with van der Waals surface area (Å²) in [6.07, 6.45) is 0. The van der Waals surface area contributed by atoms with Crippen LogP contribution >= 0.6 is 0 Å². The zero-order valence-electron chi connectivity index (χ0n) is 10.0. The minimum atomic E-state index is -0.349. The van der Waals surface area contributed by atoms with Crippen molar-refractivity contribution in [1.82, 2.24) is 0 Å². The third-order valence-corrected chi connectivity index (χ3v) is 1.69. The summed E-state index contributed by atoms with van der Waals surface area (Å²) in [7, 11) is 3.29. The molecule has 0 atom stereocenters. The molecule has 68 valence electrons. The summed E-state index contributed by atoms with van der Waals surface area (Å²) < 4.78 is 19.8. The Balaban J connectivity index is -0.000000167. The van der Waals surface area contributed by atoms with Crippen LogP contribution in [0.2, 0.25) is 0 Å². The number of methoxy groups -OCH3 is 2. The summed E-state index contributed by atoms with van der Waals surface area (Å²) in [5, 5.41) is 0. The number of hydrogen-bond donors (Lipinski definition) is 0. The Morgan fingerprint density at radius 3 is 1.67 bits per heavy atom. The summed E-state index contributed by atoms with van der Waals surface area (Å²) in [6, 6.07) is 0. The molecule has 4 nitrogen and oxygen atoms in total. The van der Waals surface area contributed by atoms with Gasteiger partial charge in [0.2, 0.25) is 0 Å². The first kappa shape index (κ1) is 16.4. The fourth-order valence-electron chi connectivity index (χ4n) is 0.407. The van der Waals surface area contributed by atoms with Gasteiger partial charge in [-0.1, -0.05) is 0 Å². The summed E-state index contributed by atoms with van der Waals surface area (Å²) in [5.74, 6) is 0. The average molecular weight is 218 g/mol. The smallest absolute Gasteiger partial charge is 1.00 e. The van der Waals surface area contributed by atoms with Gasteiger partial charge < -0.3 is 2.85 Å². The SMILES string of the molecule is COCC[O][Al+][O]CCOC.[H-].[H-].[K+]. The van der Waals surface area contributed by atoms with Crippen molar-refractivity contribution in [3.63, 3.8) is 0 Å². The Bertz CT molecular complexity index is 76.9. The predicted octanol–water partition coefficient (Wildman–Crippen LogP) is -2.92. The molecule has 0 saturated heterocycles. The van der Waals surface area contributed by atoms with E-state index in [1.807, 2.05) is 0 Å². The van der Waals surface area contributed by atoms with Gasteiger partial charge in [-0.15, -0.1) is 0 Å². The minimum absolute atomic E-state index is 0. The molecule has 0 heterocycles. The molecule has 6 heteroatoms. The topological polar surface area (TPSA) is 36.9 Å². The van der Waals surface area contributed by atoms with Gasteiger partial charge in [0.1, 0.15) is 0 Å². The van der Waals surface area contributed by atoms with Crippen molar-refractivity contribution in [2.75, 3.05) is 40.6 Å². The van der Waals surface area contributed by atoms with Crippen molar-refractivity contribution in [2.45, 2.75) is 0 Å². The maximum Gasteiger partial charge on any atom is 1.00 e. The van der Waals surface area contributed by atoms with Gasteiger partial charge in [-0.25, -0.2) is 0 Å². The fourth-order valence-corrected chi connectivity index (χ4v) is 0.888. The Morgan fingerprint density at radius 2 is 1.33 bits per heavy atom. The van der Waals surface area contributed by atoms with E-state index >= 15 is 0 Å². The minimum Gasteiger partial charge on any atom is -1.00 e. The number of hydrogen-bond acceptors (Lipinski definition) is 4. The molecule has 0 aliphatic carbocycles. The van der Waals surface area contributed by atoms with Crippen LogP contribution in [0.25, 0.3) is 0 Å². The maximum absolute atomic E-state index is 5.10. The molecule has 0 aliphatic heterocycles. The van der Waals surface area contributed by atoms with Gasteiger partial charge in [0.15, 0.2) is 0 Å². The van der Waals surface area contributed by atoms with E-state index in [9.17, 15) is 0 Å². The van der Waals surface area contributed by atoms with E-state index in [2.05, 4.69) is 0 Å². The van der Waals surface area contributed by atoms with Gasteiger partial charge in [0.25, 0.3) is 0 Å². The van der Waals surface area contributed by atoms with Crippen molar-refractivity contribution in [2.24, 2.45) is 0 Å². The van der Waals surface area contributed by atoms with Crippen LogP contribution in [0, 0.1) is 0 Å². The van der Waals surface area contributed by atoms with E-state index in [0.29, 0.717) is 26.4 Å². The largest absolute Gasteiger partial charge is 1.00 e. The zero-order valence-corrected chi connectivity index (χ0v) is 12.3. The second-order valence-corrected chi connectivity index (χ2v) is 2.68. The quantitative estimate of drug-likeness (QED) is 0.323. The molecule has 12 heavy (non-hydrogen) atoms. The molecule has 0 aromatic heterocycles. The van der Waals surface area contributed by atoms with E-state index in [1.54, 1.807) is 14.2 Å². The van der Waals surface area contributed by atoms with Crippen LogP contribution in [0.3, 0.4) is 0 Å². The fraction of sp³-hybridized carbons (Fsp3) is 1.00. The maximum atomic E-state index is 5.10. The van der Waals surface area contributed by atoms with Crippen LogP contribution < -0.4 is 51.4 Å². The molecule has 0 spiro atoms. The van der Waals surface area contributed by atoms with Crippen LogP contribution in [0.15, 0.2) is 0 Å². The van der Waals surface area contributed by atoms with E-state index in [1.165, 1.54) is 0 Å². The second kappa shape index (κ2) is 15.5. The van der Waals surface area contributed by atoms with Crippen LogP contribution in [-0.2, 0) is 17.1 Å². The zero-order chi connectivity index (χ0) is 8.36. The molecular formula is C6H16AlKO4. The summed E-state index contributed by atoms with van der Waals surface area (Å²) in [5.41, 5.74) is 0. The molecule has 0 N–H and O–H groups in total. The molecule has 0 saturated carbocycles. The molecule has 0 unspecified atom stereocenters. The monoisotopic (exact) mass is 218 g/mol.